The number of esters is 1. The van der Waals surface area contributed by atoms with Crippen molar-refractivity contribution in [1.29, 1.82) is 0 Å². The van der Waals surface area contributed by atoms with Crippen LogP contribution < -0.4 is 5.69 Å². The molecule has 0 fully saturated rings. The Kier molecular flexibility index (Phi) is 4.68. The lowest BCUT2D eigenvalue weighted by Gasteiger charge is -2.08. The number of aryl methyl sites for hydroxylation is 2. The van der Waals surface area contributed by atoms with Crippen LogP contribution in [0.4, 0.5) is 13.2 Å². The summed E-state index contributed by atoms with van der Waals surface area (Å²) in [6.07, 6.45) is -3.19. The van der Waals surface area contributed by atoms with Gasteiger partial charge in [0, 0.05) is 18.6 Å². The van der Waals surface area contributed by atoms with Gasteiger partial charge < -0.3 is 4.74 Å². The number of hydrogen-bond acceptors (Lipinski definition) is 5. The molecule has 2 aromatic carbocycles. The van der Waals surface area contributed by atoms with Crippen LogP contribution in [0.5, 0.6) is 0 Å². The number of carbonyl (C=O) groups excluding carboxylic acids is 1. The SMILES string of the molecule is COC(=O)c1cc(C(F)(F)F)cc2nn(-c3ccc(-n4c(C)nn(C)c4=O)cc3)cc12. The van der Waals surface area contributed by atoms with E-state index < -0.39 is 17.7 Å². The summed E-state index contributed by atoms with van der Waals surface area (Å²) < 4.78 is 48.4. The maximum Gasteiger partial charge on any atom is 0.416 e. The second-order valence-electron chi connectivity index (χ2n) is 6.82. The van der Waals surface area contributed by atoms with Crippen LogP contribution in [0.3, 0.4) is 0 Å². The lowest BCUT2D eigenvalue weighted by molar-refractivity contribution is -0.137. The molecule has 4 aromatic rings. The molecular formula is C20H16F3N5O3. The number of fused-ring (bicyclic) bond motifs is 1. The minimum Gasteiger partial charge on any atom is -0.465 e. The number of methoxy groups -OCH3 is 1. The van der Waals surface area contributed by atoms with E-state index in [9.17, 15) is 22.8 Å². The molecule has 0 saturated heterocycles. The van der Waals surface area contributed by atoms with Crippen molar-refractivity contribution in [2.24, 2.45) is 7.05 Å². The van der Waals surface area contributed by atoms with Crippen LogP contribution in [0.15, 0.2) is 47.4 Å². The van der Waals surface area contributed by atoms with E-state index in [1.165, 1.54) is 20.1 Å². The molecular weight excluding hydrogens is 415 g/mol. The number of ether oxygens (including phenoxy) is 1. The van der Waals surface area contributed by atoms with Crippen molar-refractivity contribution in [1.82, 2.24) is 24.1 Å². The van der Waals surface area contributed by atoms with Crippen LogP contribution in [0.1, 0.15) is 21.7 Å². The fourth-order valence-electron chi connectivity index (χ4n) is 3.34. The molecule has 11 heteroatoms. The highest BCUT2D eigenvalue weighted by Gasteiger charge is 2.33. The van der Waals surface area contributed by atoms with Gasteiger partial charge in [-0.15, -0.1) is 0 Å². The molecule has 2 aromatic heterocycles. The largest absolute Gasteiger partial charge is 0.465 e. The Morgan fingerprint density at radius 1 is 1.06 bits per heavy atom. The maximum atomic E-state index is 13.2. The summed E-state index contributed by atoms with van der Waals surface area (Å²) in [5.74, 6) is -0.384. The normalized spacial score (nSPS) is 11.8. The molecule has 4 rings (SSSR count). The van der Waals surface area contributed by atoms with Crippen LogP contribution in [0.25, 0.3) is 22.3 Å². The fraction of sp³-hybridized carbons (Fsp3) is 0.200. The molecule has 0 amide bonds. The van der Waals surface area contributed by atoms with Crippen LogP contribution in [0, 0.1) is 6.92 Å². The summed E-state index contributed by atoms with van der Waals surface area (Å²) in [7, 11) is 2.64. The topological polar surface area (TPSA) is 83.9 Å². The minimum atomic E-state index is -4.64. The summed E-state index contributed by atoms with van der Waals surface area (Å²) in [6, 6.07) is 8.28. The number of alkyl halides is 3. The first-order valence-corrected chi connectivity index (χ1v) is 9.02. The molecule has 0 unspecified atom stereocenters. The van der Waals surface area contributed by atoms with Gasteiger partial charge in [0.05, 0.1) is 35.1 Å². The molecule has 160 valence electrons. The van der Waals surface area contributed by atoms with Crippen molar-refractivity contribution in [3.05, 3.63) is 70.0 Å². The van der Waals surface area contributed by atoms with Crippen molar-refractivity contribution < 1.29 is 22.7 Å². The Morgan fingerprint density at radius 2 is 1.71 bits per heavy atom. The molecule has 0 radical (unpaired) electrons. The third-order valence-electron chi connectivity index (χ3n) is 4.82. The van der Waals surface area contributed by atoms with E-state index in [1.54, 1.807) is 38.2 Å². The van der Waals surface area contributed by atoms with Gasteiger partial charge in [-0.1, -0.05) is 0 Å². The minimum absolute atomic E-state index is 0.00127. The summed E-state index contributed by atoms with van der Waals surface area (Å²) in [4.78, 5) is 24.3. The lowest BCUT2D eigenvalue weighted by Crippen LogP contribution is -2.21. The van der Waals surface area contributed by atoms with Gasteiger partial charge in [-0.05, 0) is 43.3 Å². The highest BCUT2D eigenvalue weighted by atomic mass is 19.4. The standard InChI is InChI=1S/C20H16F3N5O3/c1-11-24-26(2)19(30)28(11)14-6-4-13(5-7-14)27-10-16-15(18(29)31-3)8-12(20(21,22)23)9-17(16)25-27/h4-10H,1-3H3. The van der Waals surface area contributed by atoms with Crippen LogP contribution in [-0.4, -0.2) is 37.2 Å². The average molecular weight is 431 g/mol. The number of nitrogens with zero attached hydrogens (tertiary/aromatic N) is 5. The van der Waals surface area contributed by atoms with Gasteiger partial charge in [-0.3, -0.25) is 0 Å². The molecule has 0 N–H and O–H groups in total. The Labute approximate surface area is 173 Å². The number of benzene rings is 2. The summed E-state index contributed by atoms with van der Waals surface area (Å²) in [6.45, 7) is 1.70. The van der Waals surface area contributed by atoms with Crippen LogP contribution in [-0.2, 0) is 18.0 Å². The van der Waals surface area contributed by atoms with Gasteiger partial charge in [-0.25, -0.2) is 23.5 Å². The zero-order valence-electron chi connectivity index (χ0n) is 16.6. The monoisotopic (exact) mass is 431 g/mol. The second-order valence-corrected chi connectivity index (χ2v) is 6.82. The van der Waals surface area contributed by atoms with Gasteiger partial charge in [-0.2, -0.15) is 23.4 Å². The van der Waals surface area contributed by atoms with Gasteiger partial charge in [0.15, 0.2) is 0 Å². The number of halogens is 3. The summed E-state index contributed by atoms with van der Waals surface area (Å²) >= 11 is 0. The van der Waals surface area contributed by atoms with Crippen molar-refractivity contribution in [2.75, 3.05) is 7.11 Å². The smallest absolute Gasteiger partial charge is 0.416 e. The molecule has 0 bridgehead atoms. The molecule has 0 aliphatic heterocycles. The highest BCUT2D eigenvalue weighted by Crippen LogP contribution is 2.33. The molecule has 0 aliphatic rings. The predicted octanol–water partition coefficient (Wildman–Crippen LogP) is 3.02. The van der Waals surface area contributed by atoms with E-state index in [2.05, 4.69) is 14.9 Å². The molecule has 2 heterocycles. The Morgan fingerprint density at radius 3 is 2.26 bits per heavy atom. The van der Waals surface area contributed by atoms with E-state index >= 15 is 0 Å². The second kappa shape index (κ2) is 7.11. The van der Waals surface area contributed by atoms with Gasteiger partial charge >= 0.3 is 17.8 Å². The molecule has 0 saturated carbocycles. The first-order chi connectivity index (χ1) is 14.6. The van der Waals surface area contributed by atoms with Gasteiger partial charge in [0.25, 0.3) is 0 Å². The van der Waals surface area contributed by atoms with E-state index in [0.29, 0.717) is 17.2 Å². The predicted molar refractivity (Wildman–Crippen MR) is 105 cm³/mol. The molecule has 31 heavy (non-hydrogen) atoms. The van der Waals surface area contributed by atoms with Crippen molar-refractivity contribution in [3.63, 3.8) is 0 Å². The maximum absolute atomic E-state index is 13.2. The molecule has 0 atom stereocenters. The molecule has 8 nitrogen and oxygen atoms in total. The van der Waals surface area contributed by atoms with E-state index in [0.717, 1.165) is 19.2 Å². The zero-order chi connectivity index (χ0) is 22.5. The Hall–Kier alpha value is -3.89. The lowest BCUT2D eigenvalue weighted by atomic mass is 10.1. The van der Waals surface area contributed by atoms with E-state index in [4.69, 9.17) is 0 Å². The van der Waals surface area contributed by atoms with Crippen molar-refractivity contribution in [3.8, 4) is 11.4 Å². The number of rotatable bonds is 3. The van der Waals surface area contributed by atoms with Crippen molar-refractivity contribution >= 4 is 16.9 Å². The van der Waals surface area contributed by atoms with Gasteiger partial charge in [0.1, 0.15) is 5.82 Å². The van der Waals surface area contributed by atoms with Crippen LogP contribution in [0.2, 0.25) is 0 Å². The van der Waals surface area contributed by atoms with Gasteiger partial charge in [0.2, 0.25) is 0 Å². The van der Waals surface area contributed by atoms with E-state index in [1.807, 2.05) is 0 Å². The highest BCUT2D eigenvalue weighted by molar-refractivity contribution is 6.03. The van der Waals surface area contributed by atoms with Crippen molar-refractivity contribution in [2.45, 2.75) is 13.1 Å². The van der Waals surface area contributed by atoms with Crippen LogP contribution >= 0.6 is 0 Å². The Balaban J connectivity index is 1.81. The average Bonchev–Trinajstić information content (AvgIpc) is 3.26. The number of carbonyl (C=O) groups is 1. The third kappa shape index (κ3) is 3.47. The summed E-state index contributed by atoms with van der Waals surface area (Å²) in [5.41, 5.74) is -0.430. The number of aromatic nitrogens is 5. The third-order valence-corrected chi connectivity index (χ3v) is 4.82. The first-order valence-electron chi connectivity index (χ1n) is 9.02. The summed E-state index contributed by atoms with van der Waals surface area (Å²) in [5, 5.41) is 8.50. The first kappa shape index (κ1) is 20.4. The zero-order valence-corrected chi connectivity index (χ0v) is 16.6. The quantitative estimate of drug-likeness (QED) is 0.466. The molecule has 0 spiro atoms. The fourth-order valence-corrected chi connectivity index (χ4v) is 3.34. The molecule has 0 aliphatic carbocycles. The number of hydrogen-bond donors (Lipinski definition) is 0. The Bertz CT molecular complexity index is 1360. The van der Waals surface area contributed by atoms with E-state index in [-0.39, 0.29) is 22.2 Å².